The maximum Gasteiger partial charge on any atom is 0.224 e. The van der Waals surface area contributed by atoms with Gasteiger partial charge in [-0.3, -0.25) is 9.48 Å². The SMILES string of the molecule is CO/N=C(/CCC(=O)Nc1cnn(C)c1)c1ccc(Cl)c(Cl)c1. The van der Waals surface area contributed by atoms with Gasteiger partial charge >= 0.3 is 0 Å². The van der Waals surface area contributed by atoms with Crippen LogP contribution < -0.4 is 5.32 Å². The van der Waals surface area contributed by atoms with Crippen LogP contribution in [0.1, 0.15) is 18.4 Å². The van der Waals surface area contributed by atoms with Crippen molar-refractivity contribution in [1.29, 1.82) is 0 Å². The minimum Gasteiger partial charge on any atom is -0.399 e. The fourth-order valence-corrected chi connectivity index (χ4v) is 2.27. The van der Waals surface area contributed by atoms with E-state index < -0.39 is 0 Å². The second kappa shape index (κ2) is 7.99. The van der Waals surface area contributed by atoms with Crippen LogP contribution in [0, 0.1) is 0 Å². The number of halogens is 2. The quantitative estimate of drug-likeness (QED) is 0.637. The maximum atomic E-state index is 12.0. The third kappa shape index (κ3) is 4.97. The normalized spacial score (nSPS) is 11.4. The summed E-state index contributed by atoms with van der Waals surface area (Å²) in [7, 11) is 3.23. The predicted octanol–water partition coefficient (Wildman–Crippen LogP) is 3.50. The molecular weight excluding hydrogens is 339 g/mol. The van der Waals surface area contributed by atoms with E-state index in [-0.39, 0.29) is 12.3 Å². The highest BCUT2D eigenvalue weighted by molar-refractivity contribution is 6.42. The van der Waals surface area contributed by atoms with Crippen molar-refractivity contribution in [3.05, 3.63) is 46.2 Å². The van der Waals surface area contributed by atoms with Gasteiger partial charge in [-0.1, -0.05) is 34.4 Å². The number of aromatic nitrogens is 2. The number of rotatable bonds is 6. The van der Waals surface area contributed by atoms with E-state index in [4.69, 9.17) is 28.0 Å². The molecule has 1 aromatic heterocycles. The number of nitrogens with zero attached hydrogens (tertiary/aromatic N) is 3. The predicted molar refractivity (Wildman–Crippen MR) is 91.1 cm³/mol. The Kier molecular flexibility index (Phi) is 6.01. The van der Waals surface area contributed by atoms with E-state index in [0.717, 1.165) is 5.56 Å². The monoisotopic (exact) mass is 354 g/mol. The summed E-state index contributed by atoms with van der Waals surface area (Å²) in [6, 6.07) is 5.16. The Morgan fingerprint density at radius 1 is 1.35 bits per heavy atom. The third-order valence-electron chi connectivity index (χ3n) is 3.03. The lowest BCUT2D eigenvalue weighted by Crippen LogP contribution is -2.13. The van der Waals surface area contributed by atoms with Crippen molar-refractivity contribution in [1.82, 2.24) is 9.78 Å². The molecule has 1 aromatic carbocycles. The zero-order valence-electron chi connectivity index (χ0n) is 12.7. The van der Waals surface area contributed by atoms with Gasteiger partial charge in [0.25, 0.3) is 0 Å². The minimum absolute atomic E-state index is 0.137. The molecule has 0 bridgehead atoms. The van der Waals surface area contributed by atoms with Crippen LogP contribution in [0.2, 0.25) is 10.0 Å². The molecule has 0 aliphatic heterocycles. The van der Waals surface area contributed by atoms with Gasteiger partial charge in [0.15, 0.2) is 0 Å². The number of hydrogen-bond donors (Lipinski definition) is 1. The molecule has 0 saturated carbocycles. The Balaban J connectivity index is 2.01. The number of benzene rings is 1. The summed E-state index contributed by atoms with van der Waals surface area (Å²) in [6.45, 7) is 0. The fraction of sp³-hybridized carbons (Fsp3) is 0.267. The number of amides is 1. The van der Waals surface area contributed by atoms with Crippen LogP contribution in [0.4, 0.5) is 5.69 Å². The van der Waals surface area contributed by atoms with E-state index in [1.807, 2.05) is 0 Å². The molecule has 0 radical (unpaired) electrons. The Labute approximate surface area is 144 Å². The van der Waals surface area contributed by atoms with Crippen molar-refractivity contribution in [3.8, 4) is 0 Å². The molecule has 0 spiro atoms. The number of hydrogen-bond acceptors (Lipinski definition) is 4. The number of anilines is 1. The summed E-state index contributed by atoms with van der Waals surface area (Å²) < 4.78 is 1.61. The molecule has 122 valence electrons. The van der Waals surface area contributed by atoms with Crippen molar-refractivity contribution in [3.63, 3.8) is 0 Å². The molecule has 2 aromatic rings. The standard InChI is InChI=1S/C15H16Cl2N4O2/c1-21-9-11(8-18-21)19-15(22)6-5-14(20-23-2)10-3-4-12(16)13(17)7-10/h3-4,7-9H,5-6H2,1-2H3,(H,19,22)/b20-14-. The van der Waals surface area contributed by atoms with Crippen molar-refractivity contribution < 1.29 is 9.63 Å². The summed E-state index contributed by atoms with van der Waals surface area (Å²) in [5, 5.41) is 11.6. The van der Waals surface area contributed by atoms with Crippen molar-refractivity contribution in [2.24, 2.45) is 12.2 Å². The molecular formula is C15H16Cl2N4O2. The Hall–Kier alpha value is -2.05. The van der Waals surface area contributed by atoms with Crippen LogP contribution in [-0.4, -0.2) is 28.5 Å². The van der Waals surface area contributed by atoms with Crippen molar-refractivity contribution >= 4 is 40.5 Å². The van der Waals surface area contributed by atoms with Gasteiger partial charge in [-0.2, -0.15) is 5.10 Å². The molecule has 0 atom stereocenters. The lowest BCUT2D eigenvalue weighted by Gasteiger charge is -2.07. The molecule has 0 aliphatic rings. The first-order valence-corrected chi connectivity index (χ1v) is 7.59. The van der Waals surface area contributed by atoms with E-state index in [1.54, 1.807) is 42.3 Å². The molecule has 1 amide bonds. The van der Waals surface area contributed by atoms with E-state index in [0.29, 0.717) is 27.9 Å². The molecule has 1 heterocycles. The summed E-state index contributed by atoms with van der Waals surface area (Å²) in [4.78, 5) is 16.8. The summed E-state index contributed by atoms with van der Waals surface area (Å²) >= 11 is 11.9. The Morgan fingerprint density at radius 3 is 2.74 bits per heavy atom. The molecule has 6 nitrogen and oxygen atoms in total. The number of carbonyl (C=O) groups excluding carboxylic acids is 1. The van der Waals surface area contributed by atoms with Gasteiger partial charge in [0, 0.05) is 31.6 Å². The summed E-state index contributed by atoms with van der Waals surface area (Å²) in [6.07, 6.45) is 3.96. The van der Waals surface area contributed by atoms with Crippen LogP contribution in [0.5, 0.6) is 0 Å². The van der Waals surface area contributed by atoms with Crippen LogP contribution in [-0.2, 0) is 16.7 Å². The molecule has 2 rings (SSSR count). The van der Waals surface area contributed by atoms with Crippen LogP contribution in [0.3, 0.4) is 0 Å². The van der Waals surface area contributed by atoms with Gasteiger partial charge in [-0.15, -0.1) is 0 Å². The number of oxime groups is 1. The second-order valence-electron chi connectivity index (χ2n) is 4.80. The molecule has 1 N–H and O–H groups in total. The van der Waals surface area contributed by atoms with Gasteiger partial charge in [0.05, 0.1) is 27.6 Å². The molecule has 0 unspecified atom stereocenters. The lowest BCUT2D eigenvalue weighted by atomic mass is 10.1. The lowest BCUT2D eigenvalue weighted by molar-refractivity contribution is -0.116. The van der Waals surface area contributed by atoms with E-state index in [1.165, 1.54) is 7.11 Å². The molecule has 0 saturated heterocycles. The number of nitrogens with one attached hydrogen (secondary N) is 1. The summed E-state index contributed by atoms with van der Waals surface area (Å²) in [5.74, 6) is -0.137. The molecule has 0 fully saturated rings. The maximum absolute atomic E-state index is 12.0. The summed E-state index contributed by atoms with van der Waals surface area (Å²) in [5.41, 5.74) is 2.03. The Morgan fingerprint density at radius 2 is 2.13 bits per heavy atom. The van der Waals surface area contributed by atoms with Gasteiger partial charge in [0.2, 0.25) is 5.91 Å². The molecule has 8 heteroatoms. The van der Waals surface area contributed by atoms with Gasteiger partial charge in [0.1, 0.15) is 7.11 Å². The van der Waals surface area contributed by atoms with Gasteiger partial charge in [-0.25, -0.2) is 0 Å². The minimum atomic E-state index is -0.137. The molecule has 0 aliphatic carbocycles. The number of carbonyl (C=O) groups is 1. The van der Waals surface area contributed by atoms with Crippen molar-refractivity contribution in [2.75, 3.05) is 12.4 Å². The van der Waals surface area contributed by atoms with Crippen LogP contribution >= 0.6 is 23.2 Å². The largest absolute Gasteiger partial charge is 0.399 e. The first-order chi connectivity index (χ1) is 11.0. The van der Waals surface area contributed by atoms with E-state index >= 15 is 0 Å². The Bertz CT molecular complexity index is 728. The average Bonchev–Trinajstić information content (AvgIpc) is 2.91. The van der Waals surface area contributed by atoms with E-state index in [2.05, 4.69) is 15.6 Å². The first kappa shape index (κ1) is 17.3. The number of aryl methyl sites for hydroxylation is 1. The van der Waals surface area contributed by atoms with Gasteiger partial charge in [-0.05, 0) is 12.1 Å². The molecule has 23 heavy (non-hydrogen) atoms. The average molecular weight is 355 g/mol. The smallest absolute Gasteiger partial charge is 0.224 e. The highest BCUT2D eigenvalue weighted by Gasteiger charge is 2.11. The first-order valence-electron chi connectivity index (χ1n) is 6.83. The zero-order valence-corrected chi connectivity index (χ0v) is 14.2. The highest BCUT2D eigenvalue weighted by Crippen LogP contribution is 2.23. The van der Waals surface area contributed by atoms with Crippen LogP contribution in [0.25, 0.3) is 0 Å². The zero-order chi connectivity index (χ0) is 16.8. The fourth-order valence-electron chi connectivity index (χ4n) is 1.97. The second-order valence-corrected chi connectivity index (χ2v) is 5.61. The van der Waals surface area contributed by atoms with Crippen molar-refractivity contribution in [2.45, 2.75) is 12.8 Å². The van der Waals surface area contributed by atoms with Crippen LogP contribution in [0.15, 0.2) is 35.7 Å². The third-order valence-corrected chi connectivity index (χ3v) is 3.77. The highest BCUT2D eigenvalue weighted by atomic mass is 35.5. The van der Waals surface area contributed by atoms with E-state index in [9.17, 15) is 4.79 Å². The topological polar surface area (TPSA) is 68.5 Å². The van der Waals surface area contributed by atoms with Gasteiger partial charge < -0.3 is 10.2 Å².